The van der Waals surface area contributed by atoms with Gasteiger partial charge in [0, 0.05) is 16.4 Å². The van der Waals surface area contributed by atoms with E-state index in [1.807, 2.05) is 52.8 Å². The lowest BCUT2D eigenvalue weighted by Gasteiger charge is -2.16. The highest BCUT2D eigenvalue weighted by Gasteiger charge is 2.23. The third-order valence-corrected chi connectivity index (χ3v) is 3.55. The van der Waals surface area contributed by atoms with Crippen LogP contribution < -0.4 is 5.32 Å². The van der Waals surface area contributed by atoms with Crippen LogP contribution in [0.25, 0.3) is 11.0 Å². The Bertz CT molecular complexity index is 705. The van der Waals surface area contributed by atoms with Crippen molar-refractivity contribution in [2.45, 2.75) is 34.6 Å². The zero-order valence-corrected chi connectivity index (χ0v) is 13.2. The molecule has 0 aliphatic heterocycles. The van der Waals surface area contributed by atoms with Crippen molar-refractivity contribution in [3.63, 3.8) is 0 Å². The summed E-state index contributed by atoms with van der Waals surface area (Å²) in [7, 11) is 0. The molecule has 21 heavy (non-hydrogen) atoms. The Hall–Kier alpha value is -2.10. The van der Waals surface area contributed by atoms with Crippen LogP contribution in [0.2, 0.25) is 0 Å². The van der Waals surface area contributed by atoms with Crippen LogP contribution >= 0.6 is 0 Å². The lowest BCUT2D eigenvalue weighted by molar-refractivity contribution is -0.125. The van der Waals surface area contributed by atoms with Crippen LogP contribution in [0.4, 0.5) is 0 Å². The molecule has 0 radical (unpaired) electrons. The van der Waals surface area contributed by atoms with Gasteiger partial charge in [-0.05, 0) is 25.5 Å². The van der Waals surface area contributed by atoms with Crippen LogP contribution in [-0.2, 0) is 4.79 Å². The summed E-state index contributed by atoms with van der Waals surface area (Å²) in [6, 6.07) is 5.83. The molecule has 1 heterocycles. The number of fused-ring (bicyclic) bond motifs is 1. The monoisotopic (exact) mass is 287 g/mol. The van der Waals surface area contributed by atoms with Gasteiger partial charge in [-0.1, -0.05) is 32.9 Å². The van der Waals surface area contributed by atoms with Gasteiger partial charge in [0.1, 0.15) is 5.58 Å². The van der Waals surface area contributed by atoms with E-state index in [-0.39, 0.29) is 24.0 Å². The highest BCUT2D eigenvalue weighted by Crippen LogP contribution is 2.26. The Labute approximate surface area is 124 Å². The molecular formula is C17H21NO3. The SMILES string of the molecule is Cc1ccc2c(C)c(C(=O)NCC(=O)C(C)(C)C)oc2c1. The number of carbonyl (C=O) groups is 2. The van der Waals surface area contributed by atoms with E-state index in [1.54, 1.807) is 0 Å². The molecule has 4 nitrogen and oxygen atoms in total. The maximum absolute atomic E-state index is 12.2. The van der Waals surface area contributed by atoms with Crippen molar-refractivity contribution < 1.29 is 14.0 Å². The fraction of sp³-hybridized carbons (Fsp3) is 0.412. The molecule has 0 fully saturated rings. The Morgan fingerprint density at radius 3 is 2.48 bits per heavy atom. The second kappa shape index (κ2) is 5.35. The average Bonchev–Trinajstić information content (AvgIpc) is 2.71. The predicted molar refractivity (Wildman–Crippen MR) is 82.5 cm³/mol. The summed E-state index contributed by atoms with van der Waals surface area (Å²) in [5.74, 6) is -0.0864. The molecular weight excluding hydrogens is 266 g/mol. The van der Waals surface area contributed by atoms with Crippen LogP contribution in [0.5, 0.6) is 0 Å². The summed E-state index contributed by atoms with van der Waals surface area (Å²) in [5.41, 5.74) is 2.10. The minimum atomic E-state index is -0.465. The highest BCUT2D eigenvalue weighted by atomic mass is 16.3. The van der Waals surface area contributed by atoms with Crippen molar-refractivity contribution in [1.29, 1.82) is 0 Å². The van der Waals surface area contributed by atoms with Crippen molar-refractivity contribution >= 4 is 22.7 Å². The van der Waals surface area contributed by atoms with E-state index >= 15 is 0 Å². The topological polar surface area (TPSA) is 59.3 Å². The van der Waals surface area contributed by atoms with Crippen LogP contribution in [-0.4, -0.2) is 18.2 Å². The molecule has 1 N–H and O–H groups in total. The van der Waals surface area contributed by atoms with Crippen LogP contribution in [0, 0.1) is 19.3 Å². The molecule has 0 atom stereocenters. The molecule has 0 bridgehead atoms. The summed E-state index contributed by atoms with van der Waals surface area (Å²) in [5, 5.41) is 3.56. The summed E-state index contributed by atoms with van der Waals surface area (Å²) < 4.78 is 5.64. The average molecular weight is 287 g/mol. The molecule has 0 saturated heterocycles. The van der Waals surface area contributed by atoms with Gasteiger partial charge in [0.2, 0.25) is 0 Å². The molecule has 2 aromatic rings. The Kier molecular flexibility index (Phi) is 3.90. The summed E-state index contributed by atoms with van der Waals surface area (Å²) >= 11 is 0. The number of amides is 1. The molecule has 1 aromatic carbocycles. The minimum absolute atomic E-state index is 0.0118. The maximum atomic E-state index is 12.2. The van der Waals surface area contributed by atoms with Gasteiger partial charge in [-0.2, -0.15) is 0 Å². The van der Waals surface area contributed by atoms with Gasteiger partial charge in [-0.3, -0.25) is 9.59 Å². The van der Waals surface area contributed by atoms with Crippen LogP contribution in [0.1, 0.15) is 42.5 Å². The quantitative estimate of drug-likeness (QED) is 0.941. The van der Waals surface area contributed by atoms with Gasteiger partial charge >= 0.3 is 0 Å². The Morgan fingerprint density at radius 1 is 1.19 bits per heavy atom. The zero-order chi connectivity index (χ0) is 15.8. The molecule has 112 valence electrons. The van der Waals surface area contributed by atoms with E-state index < -0.39 is 5.41 Å². The van der Waals surface area contributed by atoms with Gasteiger partial charge in [-0.15, -0.1) is 0 Å². The second-order valence-corrected chi connectivity index (χ2v) is 6.41. The number of aryl methyl sites for hydroxylation is 2. The summed E-state index contributed by atoms with van der Waals surface area (Å²) in [4.78, 5) is 24.1. The summed E-state index contributed by atoms with van der Waals surface area (Å²) in [6.45, 7) is 9.32. The van der Waals surface area contributed by atoms with Crippen molar-refractivity contribution in [1.82, 2.24) is 5.32 Å². The number of hydrogen-bond acceptors (Lipinski definition) is 3. The van der Waals surface area contributed by atoms with E-state index in [9.17, 15) is 9.59 Å². The molecule has 1 amide bonds. The number of ketones is 1. The first-order valence-corrected chi connectivity index (χ1v) is 7.01. The van der Waals surface area contributed by atoms with Crippen LogP contribution in [0.15, 0.2) is 22.6 Å². The van der Waals surface area contributed by atoms with Crippen molar-refractivity contribution in [3.05, 3.63) is 35.1 Å². The molecule has 0 unspecified atom stereocenters. The fourth-order valence-electron chi connectivity index (χ4n) is 2.06. The van der Waals surface area contributed by atoms with Crippen molar-refractivity contribution in [3.8, 4) is 0 Å². The number of rotatable bonds is 3. The molecule has 0 aliphatic carbocycles. The number of nitrogens with one attached hydrogen (secondary N) is 1. The largest absolute Gasteiger partial charge is 0.451 e. The van der Waals surface area contributed by atoms with Gasteiger partial charge in [-0.25, -0.2) is 0 Å². The van der Waals surface area contributed by atoms with Crippen molar-refractivity contribution in [2.75, 3.05) is 6.54 Å². The van der Waals surface area contributed by atoms with Gasteiger partial charge in [0.25, 0.3) is 5.91 Å². The summed E-state index contributed by atoms with van der Waals surface area (Å²) in [6.07, 6.45) is 0. The molecule has 2 rings (SSSR count). The zero-order valence-electron chi connectivity index (χ0n) is 13.2. The normalized spacial score (nSPS) is 11.7. The predicted octanol–water partition coefficient (Wildman–Crippen LogP) is 3.39. The number of hydrogen-bond donors (Lipinski definition) is 1. The smallest absolute Gasteiger partial charge is 0.287 e. The van der Waals surface area contributed by atoms with E-state index in [0.717, 1.165) is 16.5 Å². The van der Waals surface area contributed by atoms with E-state index in [1.165, 1.54) is 0 Å². The Balaban J connectivity index is 2.20. The van der Waals surface area contributed by atoms with E-state index in [4.69, 9.17) is 4.42 Å². The molecule has 0 saturated carbocycles. The number of Topliss-reactive ketones (excluding diaryl/α,β-unsaturated/α-hetero) is 1. The second-order valence-electron chi connectivity index (χ2n) is 6.41. The van der Waals surface area contributed by atoms with Gasteiger partial charge in [0.15, 0.2) is 11.5 Å². The number of carbonyl (C=O) groups excluding carboxylic acids is 2. The molecule has 0 spiro atoms. The first kappa shape index (κ1) is 15.3. The fourth-order valence-corrected chi connectivity index (χ4v) is 2.06. The molecule has 0 aliphatic rings. The van der Waals surface area contributed by atoms with Crippen molar-refractivity contribution in [2.24, 2.45) is 5.41 Å². The van der Waals surface area contributed by atoms with E-state index in [2.05, 4.69) is 5.32 Å². The third kappa shape index (κ3) is 3.15. The minimum Gasteiger partial charge on any atom is -0.451 e. The lowest BCUT2D eigenvalue weighted by atomic mass is 9.91. The Morgan fingerprint density at radius 2 is 1.86 bits per heavy atom. The first-order valence-electron chi connectivity index (χ1n) is 7.01. The van der Waals surface area contributed by atoms with Gasteiger partial charge in [0.05, 0.1) is 6.54 Å². The molecule has 1 aromatic heterocycles. The lowest BCUT2D eigenvalue weighted by Crippen LogP contribution is -2.35. The highest BCUT2D eigenvalue weighted by molar-refractivity contribution is 6.00. The molecule has 4 heteroatoms. The van der Waals surface area contributed by atoms with E-state index in [0.29, 0.717) is 5.58 Å². The third-order valence-electron chi connectivity index (χ3n) is 3.55. The maximum Gasteiger partial charge on any atom is 0.287 e. The number of furan rings is 1. The van der Waals surface area contributed by atoms with Crippen LogP contribution in [0.3, 0.4) is 0 Å². The first-order chi connectivity index (χ1) is 9.70. The number of benzene rings is 1. The standard InChI is InChI=1S/C17H21NO3/c1-10-6-7-12-11(2)15(21-13(12)8-10)16(20)18-9-14(19)17(3,4)5/h6-8H,9H2,1-5H3,(H,18,20). The van der Waals surface area contributed by atoms with Gasteiger partial charge < -0.3 is 9.73 Å².